The summed E-state index contributed by atoms with van der Waals surface area (Å²) < 4.78 is 1.90. The summed E-state index contributed by atoms with van der Waals surface area (Å²) in [6.07, 6.45) is 3.35. The number of nitrogens with zero attached hydrogens (tertiary/aromatic N) is 3. The number of carbonyl (C=O) groups is 2. The normalized spacial score (nSPS) is 16.5. The number of aryl methyl sites for hydroxylation is 1. The Morgan fingerprint density at radius 3 is 2.77 bits per heavy atom. The van der Waals surface area contributed by atoms with Gasteiger partial charge in [0.2, 0.25) is 11.8 Å². The number of rotatable bonds is 7. The Hall–Kier alpha value is -2.25. The third kappa shape index (κ3) is 5.71. The number of benzene rings is 1. The van der Waals surface area contributed by atoms with Crippen molar-refractivity contribution in [1.82, 2.24) is 20.0 Å². The molecule has 1 aliphatic rings. The highest BCUT2D eigenvalue weighted by molar-refractivity contribution is 7.99. The SMILES string of the molecule is Cc1nn(Cc2ccccc2Cl)c(C)c1C=CC(=O)N1CSCC1C(=O)NCC(C)C. The zero-order valence-electron chi connectivity index (χ0n) is 18.4. The molecule has 0 saturated carbocycles. The van der Waals surface area contributed by atoms with Crippen molar-refractivity contribution >= 4 is 41.3 Å². The van der Waals surface area contributed by atoms with E-state index in [0.717, 1.165) is 22.5 Å². The molecule has 8 heteroatoms. The van der Waals surface area contributed by atoms with Crippen LogP contribution in [0.4, 0.5) is 0 Å². The van der Waals surface area contributed by atoms with E-state index in [2.05, 4.69) is 10.4 Å². The molecule has 1 aromatic carbocycles. The fraction of sp³-hybridized carbons (Fsp3) is 0.435. The smallest absolute Gasteiger partial charge is 0.247 e. The predicted octanol–water partition coefficient (Wildman–Crippen LogP) is 3.89. The van der Waals surface area contributed by atoms with Gasteiger partial charge in [0.05, 0.1) is 18.1 Å². The van der Waals surface area contributed by atoms with Crippen LogP contribution in [0.5, 0.6) is 0 Å². The molecular weight excluding hydrogens is 432 g/mol. The highest BCUT2D eigenvalue weighted by Gasteiger charge is 2.33. The average molecular weight is 461 g/mol. The summed E-state index contributed by atoms with van der Waals surface area (Å²) in [4.78, 5) is 27.0. The second kappa shape index (κ2) is 10.4. The minimum Gasteiger partial charge on any atom is -0.354 e. The van der Waals surface area contributed by atoms with Crippen molar-refractivity contribution in [3.05, 3.63) is 57.9 Å². The molecule has 1 atom stereocenters. The maximum atomic E-state index is 12.8. The molecule has 3 rings (SSSR count). The fourth-order valence-corrected chi connectivity index (χ4v) is 4.80. The molecule has 2 heterocycles. The van der Waals surface area contributed by atoms with Gasteiger partial charge in [-0.1, -0.05) is 43.6 Å². The Morgan fingerprint density at radius 1 is 1.32 bits per heavy atom. The lowest BCUT2D eigenvalue weighted by atomic mass is 10.1. The molecule has 1 N–H and O–H groups in total. The van der Waals surface area contributed by atoms with Crippen LogP contribution in [0.1, 0.15) is 36.4 Å². The highest BCUT2D eigenvalue weighted by Crippen LogP contribution is 2.23. The molecule has 0 bridgehead atoms. The summed E-state index contributed by atoms with van der Waals surface area (Å²) in [6, 6.07) is 7.27. The van der Waals surface area contributed by atoms with Crippen molar-refractivity contribution in [2.45, 2.75) is 40.3 Å². The van der Waals surface area contributed by atoms with Crippen LogP contribution >= 0.6 is 23.4 Å². The van der Waals surface area contributed by atoms with E-state index in [-0.39, 0.29) is 11.8 Å². The second-order valence-electron chi connectivity index (χ2n) is 8.13. The second-order valence-corrected chi connectivity index (χ2v) is 9.54. The molecule has 1 aromatic heterocycles. The predicted molar refractivity (Wildman–Crippen MR) is 127 cm³/mol. The number of aromatic nitrogens is 2. The molecule has 0 aliphatic carbocycles. The molecule has 2 aromatic rings. The number of hydrogen-bond donors (Lipinski definition) is 1. The molecular formula is C23H29ClN4O2S. The lowest BCUT2D eigenvalue weighted by molar-refractivity contribution is -0.134. The van der Waals surface area contributed by atoms with Gasteiger partial charge >= 0.3 is 0 Å². The largest absolute Gasteiger partial charge is 0.354 e. The van der Waals surface area contributed by atoms with Gasteiger partial charge in [-0.25, -0.2) is 0 Å². The number of carbonyl (C=O) groups excluding carboxylic acids is 2. The van der Waals surface area contributed by atoms with E-state index in [1.807, 2.05) is 56.6 Å². The van der Waals surface area contributed by atoms with E-state index in [9.17, 15) is 9.59 Å². The number of halogens is 1. The Balaban J connectivity index is 1.71. The van der Waals surface area contributed by atoms with E-state index >= 15 is 0 Å². The minimum absolute atomic E-state index is 0.0830. The third-order valence-corrected chi connectivity index (χ3v) is 6.64. The summed E-state index contributed by atoms with van der Waals surface area (Å²) in [6.45, 7) is 9.18. The van der Waals surface area contributed by atoms with Crippen LogP contribution in [0.2, 0.25) is 5.02 Å². The van der Waals surface area contributed by atoms with E-state index < -0.39 is 6.04 Å². The zero-order valence-corrected chi connectivity index (χ0v) is 20.0. The molecule has 1 fully saturated rings. The van der Waals surface area contributed by atoms with Gasteiger partial charge in [-0.15, -0.1) is 11.8 Å². The minimum atomic E-state index is -0.425. The lowest BCUT2D eigenvalue weighted by Gasteiger charge is -2.22. The van der Waals surface area contributed by atoms with Gasteiger partial charge in [-0.2, -0.15) is 5.10 Å². The standard InChI is InChI=1S/C23H29ClN4O2S/c1-15(2)11-25-23(30)21-13-31-14-27(21)22(29)10-9-19-16(3)26-28(17(19)4)12-18-7-5-6-8-20(18)24/h5-10,15,21H,11-14H2,1-4H3,(H,25,30). The first-order chi connectivity index (χ1) is 14.8. The lowest BCUT2D eigenvalue weighted by Crippen LogP contribution is -2.47. The van der Waals surface area contributed by atoms with E-state index in [4.69, 9.17) is 11.6 Å². The van der Waals surface area contributed by atoms with Crippen molar-refractivity contribution in [3.8, 4) is 0 Å². The summed E-state index contributed by atoms with van der Waals surface area (Å²) in [5.41, 5.74) is 3.71. The quantitative estimate of drug-likeness (QED) is 0.636. The Morgan fingerprint density at radius 2 is 2.06 bits per heavy atom. The van der Waals surface area contributed by atoms with Crippen LogP contribution < -0.4 is 5.32 Å². The topological polar surface area (TPSA) is 67.2 Å². The van der Waals surface area contributed by atoms with Crippen LogP contribution in [0.3, 0.4) is 0 Å². The molecule has 6 nitrogen and oxygen atoms in total. The average Bonchev–Trinajstić information content (AvgIpc) is 3.32. The van der Waals surface area contributed by atoms with Gasteiger partial charge < -0.3 is 10.2 Å². The van der Waals surface area contributed by atoms with Crippen LogP contribution in [-0.2, 0) is 16.1 Å². The van der Waals surface area contributed by atoms with E-state index in [1.165, 1.54) is 0 Å². The molecule has 0 radical (unpaired) electrons. The first-order valence-corrected chi connectivity index (χ1v) is 11.9. The molecule has 0 spiro atoms. The third-order valence-electron chi connectivity index (χ3n) is 5.26. The van der Waals surface area contributed by atoms with E-state index in [0.29, 0.717) is 35.7 Å². The van der Waals surface area contributed by atoms with Gasteiger partial charge in [0.1, 0.15) is 6.04 Å². The molecule has 166 valence electrons. The van der Waals surface area contributed by atoms with Gasteiger partial charge in [0.25, 0.3) is 0 Å². The summed E-state index contributed by atoms with van der Waals surface area (Å²) >= 11 is 7.88. The molecule has 1 saturated heterocycles. The monoisotopic (exact) mass is 460 g/mol. The molecule has 31 heavy (non-hydrogen) atoms. The van der Waals surface area contributed by atoms with Crippen molar-refractivity contribution in [3.63, 3.8) is 0 Å². The van der Waals surface area contributed by atoms with Crippen LogP contribution in [0.15, 0.2) is 30.3 Å². The fourth-order valence-electron chi connectivity index (χ4n) is 3.44. The van der Waals surface area contributed by atoms with Crippen molar-refractivity contribution in [1.29, 1.82) is 0 Å². The van der Waals surface area contributed by atoms with Gasteiger partial charge in [0, 0.05) is 34.7 Å². The number of hydrogen-bond acceptors (Lipinski definition) is 4. The van der Waals surface area contributed by atoms with Crippen molar-refractivity contribution in [2.75, 3.05) is 18.2 Å². The molecule has 2 amide bonds. The molecule has 1 unspecified atom stereocenters. The summed E-state index contributed by atoms with van der Waals surface area (Å²) in [7, 11) is 0. The Bertz CT molecular complexity index is 986. The van der Waals surface area contributed by atoms with Crippen molar-refractivity contribution < 1.29 is 9.59 Å². The number of nitrogens with one attached hydrogen (secondary N) is 1. The first-order valence-electron chi connectivity index (χ1n) is 10.4. The van der Waals surface area contributed by atoms with Crippen LogP contribution in [-0.4, -0.2) is 50.7 Å². The van der Waals surface area contributed by atoms with Gasteiger partial charge in [-0.05, 0) is 37.5 Å². The van der Waals surface area contributed by atoms with Crippen molar-refractivity contribution in [2.24, 2.45) is 5.92 Å². The zero-order chi connectivity index (χ0) is 22.5. The Labute approximate surface area is 193 Å². The van der Waals surface area contributed by atoms with Crippen LogP contribution in [0, 0.1) is 19.8 Å². The van der Waals surface area contributed by atoms with Crippen LogP contribution in [0.25, 0.3) is 6.08 Å². The van der Waals surface area contributed by atoms with E-state index in [1.54, 1.807) is 28.8 Å². The summed E-state index contributed by atoms with van der Waals surface area (Å²) in [5, 5.41) is 8.26. The summed E-state index contributed by atoms with van der Waals surface area (Å²) in [5.74, 6) is 1.27. The number of thioether (sulfide) groups is 1. The maximum Gasteiger partial charge on any atom is 0.247 e. The maximum absolute atomic E-state index is 12.8. The Kier molecular flexibility index (Phi) is 7.84. The number of amides is 2. The first kappa shape index (κ1) is 23.4. The van der Waals surface area contributed by atoms with Gasteiger partial charge in [0.15, 0.2) is 0 Å². The van der Waals surface area contributed by atoms with Gasteiger partial charge in [-0.3, -0.25) is 14.3 Å². The molecule has 1 aliphatic heterocycles. The highest BCUT2D eigenvalue weighted by atomic mass is 35.5.